The second-order valence-electron chi connectivity index (χ2n) is 5.87. The van der Waals surface area contributed by atoms with Crippen molar-refractivity contribution in [1.82, 2.24) is 4.90 Å². The number of nitrogens with zero attached hydrogens (tertiary/aromatic N) is 2. The normalized spacial score (nSPS) is 21.2. The molecule has 1 amide bonds. The Morgan fingerprint density at radius 3 is 2.55 bits per heavy atom. The van der Waals surface area contributed by atoms with E-state index in [-0.39, 0.29) is 24.2 Å². The van der Waals surface area contributed by atoms with Gasteiger partial charge in [0.1, 0.15) is 5.75 Å². The molecule has 1 aromatic rings. The van der Waals surface area contributed by atoms with Crippen LogP contribution in [0, 0.1) is 16.0 Å². The molecule has 1 saturated carbocycles. The number of nitro groups is 1. The summed E-state index contributed by atoms with van der Waals surface area (Å²) in [6.07, 6.45) is 4.60. The summed E-state index contributed by atoms with van der Waals surface area (Å²) in [5.41, 5.74) is 0.00632. The summed E-state index contributed by atoms with van der Waals surface area (Å²) in [6.45, 7) is 2.14. The van der Waals surface area contributed by atoms with Crippen molar-refractivity contribution in [3.05, 3.63) is 34.4 Å². The molecule has 1 fully saturated rings. The number of nitro benzene ring substituents is 1. The van der Waals surface area contributed by atoms with Gasteiger partial charge in [-0.3, -0.25) is 14.9 Å². The number of benzene rings is 1. The quantitative estimate of drug-likeness (QED) is 0.619. The average molecular weight is 306 g/mol. The first-order chi connectivity index (χ1) is 10.5. The molecule has 0 saturated heterocycles. The lowest BCUT2D eigenvalue weighted by molar-refractivity contribution is -0.384. The minimum Gasteiger partial charge on any atom is -0.484 e. The summed E-state index contributed by atoms with van der Waals surface area (Å²) in [7, 11) is 1.83. The first-order valence-corrected chi connectivity index (χ1v) is 7.62. The Bertz CT molecular complexity index is 529. The molecule has 1 aliphatic carbocycles. The van der Waals surface area contributed by atoms with Gasteiger partial charge < -0.3 is 9.64 Å². The molecule has 0 heterocycles. The second-order valence-corrected chi connectivity index (χ2v) is 5.87. The van der Waals surface area contributed by atoms with Gasteiger partial charge in [-0.15, -0.1) is 0 Å². The Morgan fingerprint density at radius 2 is 1.95 bits per heavy atom. The molecular weight excluding hydrogens is 284 g/mol. The molecule has 0 aromatic heterocycles. The van der Waals surface area contributed by atoms with Gasteiger partial charge in [-0.1, -0.05) is 19.8 Å². The minimum atomic E-state index is -0.465. The molecule has 2 unspecified atom stereocenters. The van der Waals surface area contributed by atoms with E-state index in [4.69, 9.17) is 4.74 Å². The van der Waals surface area contributed by atoms with Crippen LogP contribution in [0.4, 0.5) is 5.69 Å². The van der Waals surface area contributed by atoms with Crippen LogP contribution in [0.1, 0.15) is 32.6 Å². The smallest absolute Gasteiger partial charge is 0.269 e. The second kappa shape index (κ2) is 7.24. The zero-order valence-electron chi connectivity index (χ0n) is 13.0. The van der Waals surface area contributed by atoms with Gasteiger partial charge in [0.15, 0.2) is 6.61 Å². The fourth-order valence-corrected chi connectivity index (χ4v) is 2.97. The van der Waals surface area contributed by atoms with Gasteiger partial charge in [0, 0.05) is 25.2 Å². The summed E-state index contributed by atoms with van der Waals surface area (Å²) in [5.74, 6) is 0.920. The van der Waals surface area contributed by atoms with Crippen LogP contribution in [0.5, 0.6) is 5.75 Å². The van der Waals surface area contributed by atoms with Crippen molar-refractivity contribution in [2.75, 3.05) is 13.7 Å². The Kier molecular flexibility index (Phi) is 5.35. The number of carbonyl (C=O) groups is 1. The van der Waals surface area contributed by atoms with Crippen LogP contribution in [-0.2, 0) is 4.79 Å². The van der Waals surface area contributed by atoms with Crippen molar-refractivity contribution in [2.24, 2.45) is 5.92 Å². The lowest BCUT2D eigenvalue weighted by Crippen LogP contribution is -2.44. The van der Waals surface area contributed by atoms with E-state index in [1.807, 2.05) is 7.05 Å². The van der Waals surface area contributed by atoms with Crippen LogP contribution < -0.4 is 4.74 Å². The molecule has 2 atom stereocenters. The number of hydrogen-bond donors (Lipinski definition) is 0. The molecule has 1 aromatic carbocycles. The van der Waals surface area contributed by atoms with Gasteiger partial charge in [-0.05, 0) is 30.9 Å². The first-order valence-electron chi connectivity index (χ1n) is 7.62. The molecule has 120 valence electrons. The van der Waals surface area contributed by atoms with E-state index < -0.39 is 4.92 Å². The van der Waals surface area contributed by atoms with Crippen molar-refractivity contribution in [2.45, 2.75) is 38.6 Å². The molecule has 0 spiro atoms. The summed E-state index contributed by atoms with van der Waals surface area (Å²) >= 11 is 0. The van der Waals surface area contributed by atoms with Crippen LogP contribution >= 0.6 is 0 Å². The number of likely N-dealkylation sites (N-methyl/N-ethyl adjacent to an activating group) is 1. The third-order valence-electron chi connectivity index (χ3n) is 4.37. The van der Waals surface area contributed by atoms with E-state index in [1.54, 1.807) is 4.90 Å². The summed E-state index contributed by atoms with van der Waals surface area (Å²) in [6, 6.07) is 6.03. The predicted molar refractivity (Wildman–Crippen MR) is 82.8 cm³/mol. The Labute approximate surface area is 130 Å². The standard InChI is InChI=1S/C16H22N2O4/c1-12-5-3-4-6-15(12)17(2)16(19)11-22-14-9-7-13(8-10-14)18(20)21/h7-10,12,15H,3-6,11H2,1-2H3. The number of non-ortho nitro benzene ring substituents is 1. The van der Waals surface area contributed by atoms with Crippen molar-refractivity contribution in [3.8, 4) is 5.75 Å². The number of ether oxygens (including phenoxy) is 1. The zero-order valence-corrected chi connectivity index (χ0v) is 13.0. The molecule has 0 N–H and O–H groups in total. The third-order valence-corrected chi connectivity index (χ3v) is 4.37. The van der Waals surface area contributed by atoms with Crippen LogP contribution in [0.2, 0.25) is 0 Å². The fourth-order valence-electron chi connectivity index (χ4n) is 2.97. The first kappa shape index (κ1) is 16.3. The van der Waals surface area contributed by atoms with Gasteiger partial charge in [0.2, 0.25) is 0 Å². The lowest BCUT2D eigenvalue weighted by Gasteiger charge is -2.36. The highest BCUT2D eigenvalue weighted by atomic mass is 16.6. The van der Waals surface area contributed by atoms with E-state index in [2.05, 4.69) is 6.92 Å². The maximum absolute atomic E-state index is 12.2. The predicted octanol–water partition coefficient (Wildman–Crippen LogP) is 3.01. The Morgan fingerprint density at radius 1 is 1.32 bits per heavy atom. The molecule has 0 aliphatic heterocycles. The number of hydrogen-bond acceptors (Lipinski definition) is 4. The van der Waals surface area contributed by atoms with E-state index in [1.165, 1.54) is 30.7 Å². The lowest BCUT2D eigenvalue weighted by atomic mass is 9.85. The summed E-state index contributed by atoms with van der Waals surface area (Å²) in [5, 5.41) is 10.6. The number of amides is 1. The van der Waals surface area contributed by atoms with Gasteiger partial charge >= 0.3 is 0 Å². The van der Waals surface area contributed by atoms with Crippen molar-refractivity contribution >= 4 is 11.6 Å². The third kappa shape index (κ3) is 3.96. The molecule has 6 heteroatoms. The van der Waals surface area contributed by atoms with Gasteiger partial charge in [-0.2, -0.15) is 0 Å². The van der Waals surface area contributed by atoms with Crippen LogP contribution in [0.25, 0.3) is 0 Å². The molecule has 22 heavy (non-hydrogen) atoms. The highest BCUT2D eigenvalue weighted by Crippen LogP contribution is 2.27. The van der Waals surface area contributed by atoms with E-state index in [0.717, 1.165) is 19.3 Å². The fraction of sp³-hybridized carbons (Fsp3) is 0.562. The van der Waals surface area contributed by atoms with Crippen LogP contribution in [0.3, 0.4) is 0 Å². The molecule has 6 nitrogen and oxygen atoms in total. The summed E-state index contributed by atoms with van der Waals surface area (Å²) < 4.78 is 5.44. The minimum absolute atomic E-state index is 0.00632. The largest absolute Gasteiger partial charge is 0.484 e. The van der Waals surface area contributed by atoms with Crippen LogP contribution in [-0.4, -0.2) is 35.4 Å². The maximum Gasteiger partial charge on any atom is 0.269 e. The van der Waals surface area contributed by atoms with Gasteiger partial charge in [-0.25, -0.2) is 0 Å². The van der Waals surface area contributed by atoms with Crippen molar-refractivity contribution < 1.29 is 14.5 Å². The highest BCUT2D eigenvalue weighted by molar-refractivity contribution is 5.77. The number of carbonyl (C=O) groups excluding carboxylic acids is 1. The van der Waals surface area contributed by atoms with Crippen LogP contribution in [0.15, 0.2) is 24.3 Å². The van der Waals surface area contributed by atoms with Crippen molar-refractivity contribution in [3.63, 3.8) is 0 Å². The molecular formula is C16H22N2O4. The topological polar surface area (TPSA) is 72.7 Å². The molecule has 1 aliphatic rings. The van der Waals surface area contributed by atoms with E-state index >= 15 is 0 Å². The Balaban J connectivity index is 1.87. The maximum atomic E-state index is 12.2. The van der Waals surface area contributed by atoms with Gasteiger partial charge in [0.05, 0.1) is 4.92 Å². The Hall–Kier alpha value is -2.11. The summed E-state index contributed by atoms with van der Waals surface area (Å²) in [4.78, 5) is 24.1. The highest BCUT2D eigenvalue weighted by Gasteiger charge is 2.27. The zero-order chi connectivity index (χ0) is 16.1. The SMILES string of the molecule is CC1CCCCC1N(C)C(=O)COc1ccc([N+](=O)[O-])cc1. The number of rotatable bonds is 5. The van der Waals surface area contributed by atoms with Crippen molar-refractivity contribution in [1.29, 1.82) is 0 Å². The monoisotopic (exact) mass is 306 g/mol. The molecule has 2 rings (SSSR count). The molecule has 0 radical (unpaired) electrons. The van der Waals surface area contributed by atoms with E-state index in [0.29, 0.717) is 11.7 Å². The van der Waals surface area contributed by atoms with E-state index in [9.17, 15) is 14.9 Å². The average Bonchev–Trinajstić information content (AvgIpc) is 2.52. The van der Waals surface area contributed by atoms with Gasteiger partial charge in [0.25, 0.3) is 11.6 Å². The molecule has 0 bridgehead atoms.